The van der Waals surface area contributed by atoms with Gasteiger partial charge in [0.05, 0.1) is 22.7 Å². The Morgan fingerprint density at radius 2 is 1.85 bits per heavy atom. The van der Waals surface area contributed by atoms with E-state index in [9.17, 15) is 9.59 Å². The highest BCUT2D eigenvalue weighted by molar-refractivity contribution is 7.22. The van der Waals surface area contributed by atoms with Gasteiger partial charge in [0.2, 0.25) is 0 Å². The third kappa shape index (κ3) is 5.27. The highest BCUT2D eigenvalue weighted by Crippen LogP contribution is 2.25. The summed E-state index contributed by atoms with van der Waals surface area (Å²) < 4.78 is 6.15. The fourth-order valence-corrected chi connectivity index (χ4v) is 3.54. The Morgan fingerprint density at radius 3 is 2.59 bits per heavy atom. The molecule has 0 fully saturated rings. The van der Waals surface area contributed by atoms with Crippen molar-refractivity contribution in [2.24, 2.45) is 5.92 Å². The zero-order valence-corrected chi connectivity index (χ0v) is 15.8. The van der Waals surface area contributed by atoms with Crippen LogP contribution in [0.2, 0.25) is 0 Å². The van der Waals surface area contributed by atoms with E-state index in [2.05, 4.69) is 15.6 Å². The van der Waals surface area contributed by atoms with E-state index in [0.717, 1.165) is 15.8 Å². The Hall–Kier alpha value is -2.93. The van der Waals surface area contributed by atoms with Crippen LogP contribution in [0.15, 0.2) is 54.6 Å². The lowest BCUT2D eigenvalue weighted by Crippen LogP contribution is -2.37. The fourth-order valence-electron chi connectivity index (χ4n) is 2.68. The summed E-state index contributed by atoms with van der Waals surface area (Å²) in [7, 11) is 0. The van der Waals surface area contributed by atoms with Crippen LogP contribution in [0.25, 0.3) is 10.2 Å². The first-order chi connectivity index (χ1) is 13.2. The molecule has 0 saturated carbocycles. The number of carbonyl (C=O) groups excluding carboxylic acids is 2. The van der Waals surface area contributed by atoms with Crippen LogP contribution in [0.1, 0.15) is 12.5 Å². The standard InChI is InChI=1S/C20H21N3O3S/c1-2-26-18(24)15(12-14-8-4-3-5-9-14)13-21-19(25)23-20-22-16-10-6-7-11-17(16)27-20/h3-11,15H,2,12-13H2,1H3,(H2,21,22,23,25). The topological polar surface area (TPSA) is 80.3 Å². The molecule has 0 spiro atoms. The van der Waals surface area contributed by atoms with Crippen LogP contribution in [0.3, 0.4) is 0 Å². The predicted molar refractivity (Wildman–Crippen MR) is 107 cm³/mol. The Balaban J connectivity index is 1.59. The molecule has 27 heavy (non-hydrogen) atoms. The maximum absolute atomic E-state index is 12.2. The van der Waals surface area contributed by atoms with Gasteiger partial charge in [-0.15, -0.1) is 0 Å². The molecule has 1 aromatic heterocycles. The molecule has 0 aliphatic rings. The average Bonchev–Trinajstić information content (AvgIpc) is 3.08. The van der Waals surface area contributed by atoms with Gasteiger partial charge in [-0.2, -0.15) is 0 Å². The van der Waals surface area contributed by atoms with Gasteiger partial charge in [0.25, 0.3) is 0 Å². The summed E-state index contributed by atoms with van der Waals surface area (Å²) >= 11 is 1.40. The number of urea groups is 1. The molecule has 140 valence electrons. The highest BCUT2D eigenvalue weighted by atomic mass is 32.1. The minimum absolute atomic E-state index is 0.185. The molecular formula is C20H21N3O3S. The third-order valence-electron chi connectivity index (χ3n) is 3.97. The summed E-state index contributed by atoms with van der Waals surface area (Å²) in [5.41, 5.74) is 1.86. The lowest BCUT2D eigenvalue weighted by Gasteiger charge is -2.16. The number of nitrogens with zero attached hydrogens (tertiary/aromatic N) is 1. The van der Waals surface area contributed by atoms with Crippen LogP contribution in [0, 0.1) is 5.92 Å². The van der Waals surface area contributed by atoms with Crippen molar-refractivity contribution in [3.05, 3.63) is 60.2 Å². The van der Waals surface area contributed by atoms with Crippen molar-refractivity contribution >= 4 is 38.7 Å². The molecule has 3 rings (SSSR count). The summed E-state index contributed by atoms with van der Waals surface area (Å²) in [5, 5.41) is 6.00. The van der Waals surface area contributed by atoms with E-state index in [0.29, 0.717) is 18.2 Å². The first-order valence-electron chi connectivity index (χ1n) is 8.76. The van der Waals surface area contributed by atoms with E-state index in [4.69, 9.17) is 4.74 Å². The number of esters is 1. The summed E-state index contributed by atoms with van der Waals surface area (Å²) in [6.45, 7) is 2.26. The van der Waals surface area contributed by atoms with Gasteiger partial charge in [0.1, 0.15) is 0 Å². The number of anilines is 1. The summed E-state index contributed by atoms with van der Waals surface area (Å²) in [6.07, 6.45) is 0.501. The second kappa shape index (κ2) is 9.14. The number of para-hydroxylation sites is 1. The van der Waals surface area contributed by atoms with Crippen molar-refractivity contribution in [2.75, 3.05) is 18.5 Å². The molecule has 2 aromatic carbocycles. The molecule has 1 heterocycles. The quantitative estimate of drug-likeness (QED) is 0.608. The van der Waals surface area contributed by atoms with Crippen molar-refractivity contribution in [3.8, 4) is 0 Å². The van der Waals surface area contributed by atoms with Crippen molar-refractivity contribution < 1.29 is 14.3 Å². The number of thiazole rings is 1. The van der Waals surface area contributed by atoms with E-state index < -0.39 is 11.9 Å². The molecule has 0 saturated heterocycles. The minimum Gasteiger partial charge on any atom is -0.466 e. The SMILES string of the molecule is CCOC(=O)C(CNC(=O)Nc1nc2ccccc2s1)Cc1ccccc1. The molecule has 6 nitrogen and oxygen atoms in total. The number of rotatable bonds is 7. The highest BCUT2D eigenvalue weighted by Gasteiger charge is 2.21. The Labute approximate surface area is 161 Å². The number of hydrogen-bond acceptors (Lipinski definition) is 5. The Morgan fingerprint density at radius 1 is 1.11 bits per heavy atom. The molecule has 7 heteroatoms. The number of ether oxygens (including phenoxy) is 1. The van der Waals surface area contributed by atoms with Gasteiger partial charge in [-0.1, -0.05) is 53.8 Å². The van der Waals surface area contributed by atoms with E-state index in [-0.39, 0.29) is 12.5 Å². The van der Waals surface area contributed by atoms with Crippen LogP contribution in [-0.2, 0) is 16.0 Å². The number of amides is 2. The average molecular weight is 383 g/mol. The Kier molecular flexibility index (Phi) is 6.38. The summed E-state index contributed by atoms with van der Waals surface area (Å²) in [6, 6.07) is 17.0. The number of aromatic nitrogens is 1. The predicted octanol–water partition coefficient (Wildman–Crippen LogP) is 3.84. The largest absolute Gasteiger partial charge is 0.466 e. The molecule has 0 aliphatic carbocycles. The van der Waals surface area contributed by atoms with Crippen LogP contribution in [-0.4, -0.2) is 30.1 Å². The maximum atomic E-state index is 12.2. The lowest BCUT2D eigenvalue weighted by molar-refractivity contribution is -0.147. The molecule has 1 atom stereocenters. The van der Waals surface area contributed by atoms with Crippen LogP contribution >= 0.6 is 11.3 Å². The number of fused-ring (bicyclic) bond motifs is 1. The number of carbonyl (C=O) groups is 2. The lowest BCUT2D eigenvalue weighted by atomic mass is 9.99. The maximum Gasteiger partial charge on any atom is 0.321 e. The molecule has 0 bridgehead atoms. The van der Waals surface area contributed by atoms with E-state index in [1.54, 1.807) is 6.92 Å². The van der Waals surface area contributed by atoms with Crippen LogP contribution in [0.4, 0.5) is 9.93 Å². The van der Waals surface area contributed by atoms with Crippen molar-refractivity contribution in [3.63, 3.8) is 0 Å². The summed E-state index contributed by atoms with van der Waals surface area (Å²) in [4.78, 5) is 28.8. The van der Waals surface area contributed by atoms with E-state index in [1.807, 2.05) is 54.6 Å². The normalized spacial score (nSPS) is 11.7. The van der Waals surface area contributed by atoms with Gasteiger partial charge in [0, 0.05) is 6.54 Å². The molecule has 0 radical (unpaired) electrons. The molecule has 1 unspecified atom stereocenters. The number of benzene rings is 2. The molecule has 2 amide bonds. The van der Waals surface area contributed by atoms with Gasteiger partial charge in [0.15, 0.2) is 5.13 Å². The van der Waals surface area contributed by atoms with Gasteiger partial charge >= 0.3 is 12.0 Å². The number of hydrogen-bond donors (Lipinski definition) is 2. The van der Waals surface area contributed by atoms with Gasteiger partial charge in [-0.05, 0) is 31.0 Å². The van der Waals surface area contributed by atoms with Crippen molar-refractivity contribution in [1.29, 1.82) is 0 Å². The monoisotopic (exact) mass is 383 g/mol. The zero-order chi connectivity index (χ0) is 19.1. The van der Waals surface area contributed by atoms with E-state index >= 15 is 0 Å². The fraction of sp³-hybridized carbons (Fsp3) is 0.250. The van der Waals surface area contributed by atoms with Crippen LogP contribution in [0.5, 0.6) is 0 Å². The smallest absolute Gasteiger partial charge is 0.321 e. The molecular weight excluding hydrogens is 362 g/mol. The van der Waals surface area contributed by atoms with Crippen molar-refractivity contribution in [2.45, 2.75) is 13.3 Å². The number of nitrogens with one attached hydrogen (secondary N) is 2. The third-order valence-corrected chi connectivity index (χ3v) is 4.92. The second-order valence-corrected chi connectivity index (χ2v) is 6.99. The van der Waals surface area contributed by atoms with Gasteiger partial charge in [-0.3, -0.25) is 10.1 Å². The molecule has 0 aliphatic heterocycles. The van der Waals surface area contributed by atoms with Crippen LogP contribution < -0.4 is 10.6 Å². The van der Waals surface area contributed by atoms with Gasteiger partial charge in [-0.25, -0.2) is 9.78 Å². The van der Waals surface area contributed by atoms with Crippen molar-refractivity contribution in [1.82, 2.24) is 10.3 Å². The van der Waals surface area contributed by atoms with Gasteiger partial charge < -0.3 is 10.1 Å². The summed E-state index contributed by atoms with van der Waals surface area (Å²) in [5.74, 6) is -0.768. The second-order valence-electron chi connectivity index (χ2n) is 5.96. The first kappa shape index (κ1) is 18.8. The zero-order valence-electron chi connectivity index (χ0n) is 15.0. The molecule has 3 aromatic rings. The minimum atomic E-state index is -0.450. The molecule has 2 N–H and O–H groups in total. The Bertz CT molecular complexity index is 878. The van der Waals surface area contributed by atoms with E-state index in [1.165, 1.54) is 11.3 Å². The first-order valence-corrected chi connectivity index (χ1v) is 9.58.